The Bertz CT molecular complexity index is 971. The van der Waals surface area contributed by atoms with Crippen LogP contribution < -0.4 is 14.9 Å². The second kappa shape index (κ2) is 9.23. The van der Waals surface area contributed by atoms with Crippen LogP contribution >= 0.6 is 0 Å². The first-order chi connectivity index (χ1) is 13.7. The van der Waals surface area contributed by atoms with E-state index in [1.54, 1.807) is 37.4 Å². The summed E-state index contributed by atoms with van der Waals surface area (Å²) in [6.45, 7) is 0.367. The van der Waals surface area contributed by atoms with Gasteiger partial charge < -0.3 is 14.6 Å². The van der Waals surface area contributed by atoms with E-state index in [1.807, 2.05) is 30.3 Å². The maximum absolute atomic E-state index is 12.1. The summed E-state index contributed by atoms with van der Waals surface area (Å²) < 4.78 is 11.3. The zero-order valence-corrected chi connectivity index (χ0v) is 15.3. The molecule has 2 N–H and O–H groups in total. The number of amides is 1. The lowest BCUT2D eigenvalue weighted by Crippen LogP contribution is -2.17. The molecule has 0 fully saturated rings. The molecule has 1 amide bonds. The molecule has 0 saturated carbocycles. The molecule has 0 unspecified atom stereocenters. The van der Waals surface area contributed by atoms with Crippen LogP contribution in [0.4, 0.5) is 0 Å². The number of hydrazone groups is 1. The van der Waals surface area contributed by atoms with E-state index < -0.39 is 5.91 Å². The minimum Gasteiger partial charge on any atom is -0.507 e. The third kappa shape index (κ3) is 4.67. The van der Waals surface area contributed by atoms with Gasteiger partial charge >= 0.3 is 0 Å². The summed E-state index contributed by atoms with van der Waals surface area (Å²) in [5.74, 6) is 0.466. The van der Waals surface area contributed by atoms with Crippen LogP contribution in [-0.4, -0.2) is 24.3 Å². The Morgan fingerprint density at radius 1 is 1.04 bits per heavy atom. The van der Waals surface area contributed by atoms with Crippen LogP contribution in [0.25, 0.3) is 0 Å². The fourth-order valence-corrected chi connectivity index (χ4v) is 2.57. The monoisotopic (exact) mass is 376 g/mol. The number of para-hydroxylation sites is 2. The van der Waals surface area contributed by atoms with Crippen molar-refractivity contribution in [3.8, 4) is 17.2 Å². The molecule has 3 rings (SSSR count). The van der Waals surface area contributed by atoms with Gasteiger partial charge in [0.05, 0.1) is 18.9 Å². The highest BCUT2D eigenvalue weighted by atomic mass is 16.5. The third-order valence-electron chi connectivity index (χ3n) is 3.97. The Morgan fingerprint density at radius 2 is 1.79 bits per heavy atom. The minimum absolute atomic E-state index is 0.108. The van der Waals surface area contributed by atoms with Crippen molar-refractivity contribution in [2.24, 2.45) is 5.10 Å². The highest BCUT2D eigenvalue weighted by molar-refractivity contribution is 5.97. The summed E-state index contributed by atoms with van der Waals surface area (Å²) in [6.07, 6.45) is 1.47. The molecule has 0 aliphatic carbocycles. The fraction of sp³-hybridized carbons (Fsp3) is 0.0909. The van der Waals surface area contributed by atoms with Crippen molar-refractivity contribution in [3.05, 3.63) is 89.5 Å². The standard InChI is InChI=1S/C22H20N2O4/c1-27-20-13-7-10-17(21(20)28-15-16-8-3-2-4-9-16)14-23-24-22(26)18-11-5-6-12-19(18)25/h2-14,25H,15H2,1H3,(H,24,26)/b23-14-. The molecular weight excluding hydrogens is 356 g/mol. The minimum atomic E-state index is -0.510. The zero-order valence-electron chi connectivity index (χ0n) is 15.3. The lowest BCUT2D eigenvalue weighted by molar-refractivity contribution is 0.0952. The number of phenols is 1. The van der Waals surface area contributed by atoms with E-state index in [0.29, 0.717) is 23.7 Å². The van der Waals surface area contributed by atoms with E-state index in [0.717, 1.165) is 5.56 Å². The molecule has 0 aromatic heterocycles. The largest absolute Gasteiger partial charge is 0.507 e. The number of phenolic OH excluding ortho intramolecular Hbond substituents is 1. The van der Waals surface area contributed by atoms with Crippen LogP contribution in [0.5, 0.6) is 17.2 Å². The number of nitrogens with zero attached hydrogens (tertiary/aromatic N) is 1. The highest BCUT2D eigenvalue weighted by Crippen LogP contribution is 2.30. The summed E-state index contributed by atoms with van der Waals surface area (Å²) in [5, 5.41) is 13.7. The SMILES string of the molecule is COc1cccc(/C=N\NC(=O)c2ccccc2O)c1OCc1ccccc1. The number of aromatic hydroxyl groups is 1. The van der Waals surface area contributed by atoms with E-state index >= 15 is 0 Å². The van der Waals surface area contributed by atoms with Gasteiger partial charge in [-0.05, 0) is 29.8 Å². The molecule has 0 radical (unpaired) electrons. The normalized spacial score (nSPS) is 10.6. The highest BCUT2D eigenvalue weighted by Gasteiger charge is 2.11. The number of nitrogens with one attached hydrogen (secondary N) is 1. The molecule has 0 heterocycles. The van der Waals surface area contributed by atoms with E-state index in [-0.39, 0.29) is 11.3 Å². The van der Waals surface area contributed by atoms with Crippen molar-refractivity contribution in [2.75, 3.05) is 7.11 Å². The fourth-order valence-electron chi connectivity index (χ4n) is 2.57. The lowest BCUT2D eigenvalue weighted by Gasteiger charge is -2.13. The van der Waals surface area contributed by atoms with Gasteiger partial charge in [0.2, 0.25) is 0 Å². The van der Waals surface area contributed by atoms with Gasteiger partial charge in [0.1, 0.15) is 12.4 Å². The number of carbonyl (C=O) groups excluding carboxylic acids is 1. The van der Waals surface area contributed by atoms with Gasteiger partial charge in [-0.1, -0.05) is 48.5 Å². The van der Waals surface area contributed by atoms with Gasteiger partial charge in [-0.15, -0.1) is 0 Å². The zero-order chi connectivity index (χ0) is 19.8. The average molecular weight is 376 g/mol. The Hall–Kier alpha value is -3.80. The first-order valence-corrected chi connectivity index (χ1v) is 8.64. The van der Waals surface area contributed by atoms with Crippen LogP contribution in [0.3, 0.4) is 0 Å². The molecule has 3 aromatic rings. The smallest absolute Gasteiger partial charge is 0.275 e. The van der Waals surface area contributed by atoms with Crippen molar-refractivity contribution in [1.82, 2.24) is 5.43 Å². The quantitative estimate of drug-likeness (QED) is 0.486. The van der Waals surface area contributed by atoms with Crippen molar-refractivity contribution < 1.29 is 19.4 Å². The molecule has 142 valence electrons. The van der Waals surface area contributed by atoms with Gasteiger partial charge in [0.15, 0.2) is 11.5 Å². The Balaban J connectivity index is 1.75. The first kappa shape index (κ1) is 19.0. The summed E-state index contributed by atoms with van der Waals surface area (Å²) in [6, 6.07) is 21.4. The van der Waals surface area contributed by atoms with E-state index in [2.05, 4.69) is 10.5 Å². The maximum atomic E-state index is 12.1. The molecule has 3 aromatic carbocycles. The van der Waals surface area contributed by atoms with Crippen LogP contribution in [-0.2, 0) is 6.61 Å². The topological polar surface area (TPSA) is 80.2 Å². The maximum Gasteiger partial charge on any atom is 0.275 e. The number of methoxy groups -OCH3 is 1. The molecule has 0 atom stereocenters. The van der Waals surface area contributed by atoms with Gasteiger partial charge in [0.25, 0.3) is 5.91 Å². The predicted molar refractivity (Wildman–Crippen MR) is 107 cm³/mol. The molecule has 0 saturated heterocycles. The van der Waals surface area contributed by atoms with Crippen LogP contribution in [0.15, 0.2) is 77.9 Å². The summed E-state index contributed by atoms with van der Waals surface area (Å²) in [5.41, 5.74) is 4.21. The number of hydrogen-bond acceptors (Lipinski definition) is 5. The van der Waals surface area contributed by atoms with Crippen molar-refractivity contribution in [1.29, 1.82) is 0 Å². The third-order valence-corrected chi connectivity index (χ3v) is 3.97. The Labute approximate surface area is 163 Å². The summed E-state index contributed by atoms with van der Waals surface area (Å²) >= 11 is 0. The van der Waals surface area contributed by atoms with Crippen molar-refractivity contribution in [2.45, 2.75) is 6.61 Å². The molecule has 0 aliphatic heterocycles. The Kier molecular flexibility index (Phi) is 6.25. The molecule has 28 heavy (non-hydrogen) atoms. The molecule has 0 spiro atoms. The van der Waals surface area contributed by atoms with Gasteiger partial charge in [-0.3, -0.25) is 4.79 Å². The van der Waals surface area contributed by atoms with E-state index in [1.165, 1.54) is 18.3 Å². The molecular formula is C22H20N2O4. The second-order valence-corrected chi connectivity index (χ2v) is 5.87. The number of hydrogen-bond donors (Lipinski definition) is 2. The number of carbonyl (C=O) groups is 1. The van der Waals surface area contributed by atoms with Crippen LogP contribution in [0.1, 0.15) is 21.5 Å². The molecule has 6 nitrogen and oxygen atoms in total. The van der Waals surface area contributed by atoms with E-state index in [9.17, 15) is 9.90 Å². The van der Waals surface area contributed by atoms with Crippen molar-refractivity contribution >= 4 is 12.1 Å². The second-order valence-electron chi connectivity index (χ2n) is 5.87. The van der Waals surface area contributed by atoms with Crippen LogP contribution in [0.2, 0.25) is 0 Å². The lowest BCUT2D eigenvalue weighted by atomic mass is 10.2. The summed E-state index contributed by atoms with van der Waals surface area (Å²) in [7, 11) is 1.56. The van der Waals surface area contributed by atoms with Crippen molar-refractivity contribution in [3.63, 3.8) is 0 Å². The summed E-state index contributed by atoms with van der Waals surface area (Å²) in [4.78, 5) is 12.1. The van der Waals surface area contributed by atoms with E-state index in [4.69, 9.17) is 9.47 Å². The van der Waals surface area contributed by atoms with Gasteiger partial charge in [0, 0.05) is 5.56 Å². The first-order valence-electron chi connectivity index (χ1n) is 8.64. The van der Waals surface area contributed by atoms with Gasteiger partial charge in [-0.2, -0.15) is 5.10 Å². The number of ether oxygens (including phenoxy) is 2. The molecule has 0 bridgehead atoms. The number of benzene rings is 3. The van der Waals surface area contributed by atoms with Gasteiger partial charge in [-0.25, -0.2) is 5.43 Å². The number of rotatable bonds is 7. The van der Waals surface area contributed by atoms with Crippen LogP contribution in [0, 0.1) is 0 Å². The Morgan fingerprint density at radius 3 is 2.54 bits per heavy atom. The average Bonchev–Trinajstić information content (AvgIpc) is 2.73. The molecule has 6 heteroatoms. The predicted octanol–water partition coefficient (Wildman–Crippen LogP) is 3.74. The molecule has 0 aliphatic rings.